The highest BCUT2D eigenvalue weighted by Crippen LogP contribution is 2.44. The van der Waals surface area contributed by atoms with E-state index in [0.717, 1.165) is 12.1 Å². The summed E-state index contributed by atoms with van der Waals surface area (Å²) < 4.78 is 39.3. The van der Waals surface area contributed by atoms with Gasteiger partial charge in [-0.25, -0.2) is 0 Å². The van der Waals surface area contributed by atoms with Crippen LogP contribution in [0.5, 0.6) is 0 Å². The summed E-state index contributed by atoms with van der Waals surface area (Å²) in [7, 11) is 0. The van der Waals surface area contributed by atoms with Gasteiger partial charge in [-0.15, -0.1) is 0 Å². The van der Waals surface area contributed by atoms with E-state index < -0.39 is 29.5 Å². The Kier molecular flexibility index (Phi) is 5.95. The monoisotopic (exact) mass is 460 g/mol. The number of nitrogens with one attached hydrogen (secondary N) is 1. The number of halogens is 4. The molecule has 2 atom stereocenters. The Hall–Kier alpha value is -2.93. The van der Waals surface area contributed by atoms with Crippen LogP contribution < -0.4 is 5.32 Å². The Morgan fingerprint density at radius 3 is 2.59 bits per heavy atom. The molecular formula is C24H20ClF3N2O2. The van der Waals surface area contributed by atoms with Crippen LogP contribution in [0.25, 0.3) is 0 Å². The zero-order valence-electron chi connectivity index (χ0n) is 17.2. The van der Waals surface area contributed by atoms with Gasteiger partial charge in [0.05, 0.1) is 11.5 Å². The highest BCUT2D eigenvalue weighted by Gasteiger charge is 2.42. The Morgan fingerprint density at radius 2 is 1.88 bits per heavy atom. The second kappa shape index (κ2) is 8.54. The van der Waals surface area contributed by atoms with Crippen molar-refractivity contribution in [2.24, 2.45) is 10.9 Å². The molecule has 0 aromatic heterocycles. The fourth-order valence-electron chi connectivity index (χ4n) is 4.40. The lowest BCUT2D eigenvalue weighted by Gasteiger charge is -2.35. The van der Waals surface area contributed by atoms with Crippen molar-refractivity contribution in [3.8, 4) is 0 Å². The maximum atomic E-state index is 13.3. The standard InChI is InChI=1S/C24H20ClF3N2O2/c1-13-20(23(32)30-17-8-3-6-15(12-17)24(26,27)28)21(14-5-2-7-16(25)11-14)22-18(29-13)9-4-10-19(22)31/h2-3,5-8,11-12,20-21H,4,9-10H2,1H3,(H,30,32)/t20?,21-/m0/s1. The van der Waals surface area contributed by atoms with Crippen LogP contribution in [0.1, 0.15) is 43.2 Å². The van der Waals surface area contributed by atoms with Crippen molar-refractivity contribution in [1.82, 2.24) is 0 Å². The van der Waals surface area contributed by atoms with Gasteiger partial charge in [0.15, 0.2) is 5.78 Å². The average Bonchev–Trinajstić information content (AvgIpc) is 2.72. The molecule has 2 aromatic rings. The zero-order chi connectivity index (χ0) is 23.0. The van der Waals surface area contributed by atoms with Gasteiger partial charge in [0.25, 0.3) is 0 Å². The van der Waals surface area contributed by atoms with Crippen molar-refractivity contribution in [2.45, 2.75) is 38.3 Å². The number of Topliss-reactive ketones (excluding diaryl/α,β-unsaturated/α-hetero) is 1. The Labute approximate surface area is 188 Å². The van der Waals surface area contributed by atoms with E-state index in [4.69, 9.17) is 11.6 Å². The molecular weight excluding hydrogens is 441 g/mol. The molecule has 166 valence electrons. The predicted octanol–water partition coefficient (Wildman–Crippen LogP) is 6.18. The van der Waals surface area contributed by atoms with Crippen LogP contribution in [0.2, 0.25) is 5.02 Å². The zero-order valence-corrected chi connectivity index (χ0v) is 17.9. The van der Waals surface area contributed by atoms with E-state index in [1.54, 1.807) is 31.2 Å². The minimum atomic E-state index is -4.53. The van der Waals surface area contributed by atoms with Gasteiger partial charge >= 0.3 is 6.18 Å². The van der Waals surface area contributed by atoms with E-state index in [9.17, 15) is 22.8 Å². The van der Waals surface area contributed by atoms with E-state index in [1.807, 2.05) is 0 Å². The molecule has 1 aliphatic carbocycles. The molecule has 1 heterocycles. The molecule has 4 nitrogen and oxygen atoms in total. The largest absolute Gasteiger partial charge is 0.416 e. The van der Waals surface area contributed by atoms with Gasteiger partial charge in [-0.2, -0.15) is 13.2 Å². The van der Waals surface area contributed by atoms with Crippen LogP contribution in [0.15, 0.2) is 64.8 Å². The molecule has 0 fully saturated rings. The highest BCUT2D eigenvalue weighted by molar-refractivity contribution is 6.30. The third-order valence-corrected chi connectivity index (χ3v) is 6.02. The SMILES string of the molecule is CC1=NC2=C(C(=O)CCC2)[C@@H](c2cccc(Cl)c2)C1C(=O)Nc1cccc(C(F)(F)F)c1. The van der Waals surface area contributed by atoms with Crippen LogP contribution >= 0.6 is 11.6 Å². The Balaban J connectivity index is 1.74. The van der Waals surface area contributed by atoms with Gasteiger partial charge in [-0.1, -0.05) is 29.8 Å². The molecule has 8 heteroatoms. The number of ketones is 1. The third-order valence-electron chi connectivity index (χ3n) is 5.78. The maximum absolute atomic E-state index is 13.3. The summed E-state index contributed by atoms with van der Waals surface area (Å²) >= 11 is 6.19. The van der Waals surface area contributed by atoms with Crippen molar-refractivity contribution in [3.05, 3.63) is 76.0 Å². The van der Waals surface area contributed by atoms with E-state index >= 15 is 0 Å². The van der Waals surface area contributed by atoms with Gasteiger partial charge in [-0.3, -0.25) is 14.6 Å². The first-order valence-electron chi connectivity index (χ1n) is 10.2. The first-order valence-corrected chi connectivity index (χ1v) is 10.6. The first kappa shape index (κ1) is 22.3. The summed E-state index contributed by atoms with van der Waals surface area (Å²) in [5, 5.41) is 3.06. The molecule has 0 spiro atoms. The average molecular weight is 461 g/mol. The van der Waals surface area contributed by atoms with Crippen LogP contribution in [-0.2, 0) is 15.8 Å². The molecule has 1 N–H and O–H groups in total. The smallest absolute Gasteiger partial charge is 0.325 e. The summed E-state index contributed by atoms with van der Waals surface area (Å²) in [5.41, 5.74) is 1.53. The van der Waals surface area contributed by atoms with Crippen LogP contribution in [-0.4, -0.2) is 17.4 Å². The van der Waals surface area contributed by atoms with Gasteiger partial charge in [0.2, 0.25) is 5.91 Å². The summed E-state index contributed by atoms with van der Waals surface area (Å²) in [5.74, 6) is -2.06. The normalized spacial score (nSPS) is 21.2. The maximum Gasteiger partial charge on any atom is 0.416 e. The molecule has 32 heavy (non-hydrogen) atoms. The molecule has 1 unspecified atom stereocenters. The number of allylic oxidation sites excluding steroid dienone is 2. The number of carbonyl (C=O) groups is 2. The summed E-state index contributed by atoms with van der Waals surface area (Å²) in [6.07, 6.45) is -2.83. The molecule has 0 saturated carbocycles. The number of carbonyl (C=O) groups excluding carboxylic acids is 2. The van der Waals surface area contributed by atoms with Gasteiger partial charge in [-0.05, 0) is 55.7 Å². The number of hydrogen-bond acceptors (Lipinski definition) is 3. The quantitative estimate of drug-likeness (QED) is 0.594. The van der Waals surface area contributed by atoms with E-state index in [-0.39, 0.29) is 11.5 Å². The number of hydrogen-bond donors (Lipinski definition) is 1. The summed E-state index contributed by atoms with van der Waals surface area (Å²) in [4.78, 5) is 30.8. The fourth-order valence-corrected chi connectivity index (χ4v) is 4.60. The van der Waals surface area contributed by atoms with E-state index in [2.05, 4.69) is 10.3 Å². The number of nitrogens with zero attached hydrogens (tertiary/aromatic N) is 1. The van der Waals surface area contributed by atoms with Gasteiger partial charge < -0.3 is 5.32 Å². The molecule has 1 amide bonds. The molecule has 4 rings (SSSR count). The minimum absolute atomic E-state index is 0.0252. The lowest BCUT2D eigenvalue weighted by Crippen LogP contribution is -2.39. The third kappa shape index (κ3) is 4.35. The summed E-state index contributed by atoms with van der Waals surface area (Å²) in [6.45, 7) is 1.71. The van der Waals surface area contributed by atoms with Crippen molar-refractivity contribution >= 4 is 34.7 Å². The fraction of sp³-hybridized carbons (Fsp3) is 0.292. The molecule has 0 radical (unpaired) electrons. The molecule has 2 aliphatic rings. The van der Waals surface area contributed by atoms with Crippen molar-refractivity contribution < 1.29 is 22.8 Å². The topological polar surface area (TPSA) is 58.5 Å². The van der Waals surface area contributed by atoms with Crippen LogP contribution in [0, 0.1) is 5.92 Å². The number of aliphatic imine (C=N–C) groups is 1. The second-order valence-electron chi connectivity index (χ2n) is 7.97. The number of alkyl halides is 3. The Bertz CT molecular complexity index is 1150. The van der Waals surface area contributed by atoms with Crippen molar-refractivity contribution in [1.29, 1.82) is 0 Å². The van der Waals surface area contributed by atoms with E-state index in [1.165, 1.54) is 12.1 Å². The first-order chi connectivity index (χ1) is 15.1. The van der Waals surface area contributed by atoms with Crippen LogP contribution in [0.3, 0.4) is 0 Å². The minimum Gasteiger partial charge on any atom is -0.325 e. The lowest BCUT2D eigenvalue weighted by molar-refractivity contribution is -0.137. The van der Waals surface area contributed by atoms with Gasteiger partial charge in [0, 0.05) is 40.0 Å². The number of anilines is 1. The second-order valence-corrected chi connectivity index (χ2v) is 8.40. The van der Waals surface area contributed by atoms with Crippen molar-refractivity contribution in [2.75, 3.05) is 5.32 Å². The lowest BCUT2D eigenvalue weighted by atomic mass is 9.71. The molecule has 0 bridgehead atoms. The highest BCUT2D eigenvalue weighted by atomic mass is 35.5. The Morgan fingerprint density at radius 1 is 1.12 bits per heavy atom. The number of rotatable bonds is 3. The number of amides is 1. The molecule has 1 aliphatic heterocycles. The summed E-state index contributed by atoms with van der Waals surface area (Å²) in [6, 6.07) is 11.4. The van der Waals surface area contributed by atoms with Crippen molar-refractivity contribution in [3.63, 3.8) is 0 Å². The van der Waals surface area contributed by atoms with Crippen LogP contribution in [0.4, 0.5) is 18.9 Å². The predicted molar refractivity (Wildman–Crippen MR) is 117 cm³/mol. The van der Waals surface area contributed by atoms with E-state index in [0.29, 0.717) is 46.8 Å². The molecule has 2 aromatic carbocycles. The van der Waals surface area contributed by atoms with Gasteiger partial charge in [0.1, 0.15) is 0 Å². The molecule has 0 saturated heterocycles. The number of benzene rings is 2.